The van der Waals surface area contributed by atoms with Crippen molar-refractivity contribution in [3.05, 3.63) is 22.5 Å². The normalized spacial score (nSPS) is 21.9. The lowest BCUT2D eigenvalue weighted by molar-refractivity contribution is -0.497. The molecule has 7 nitrogen and oxygen atoms in total. The summed E-state index contributed by atoms with van der Waals surface area (Å²) in [7, 11) is 0. The topological polar surface area (TPSA) is 90.1 Å². The van der Waals surface area contributed by atoms with Gasteiger partial charge in [0.05, 0.1) is 0 Å². The van der Waals surface area contributed by atoms with Crippen LogP contribution in [0.3, 0.4) is 0 Å². The molecule has 1 heterocycles. The van der Waals surface area contributed by atoms with E-state index in [2.05, 4.69) is 24.1 Å². The minimum absolute atomic E-state index is 0.312. The van der Waals surface area contributed by atoms with Gasteiger partial charge in [-0.25, -0.2) is 4.98 Å². The summed E-state index contributed by atoms with van der Waals surface area (Å²) in [5.74, 6) is 0.0714. The molecule has 1 aromatic rings. The first-order valence-electron chi connectivity index (χ1n) is 5.94. The summed E-state index contributed by atoms with van der Waals surface area (Å²) in [6, 6.07) is -0.724. The van der Waals surface area contributed by atoms with Crippen molar-refractivity contribution in [2.75, 3.05) is 5.32 Å². The molecule has 1 aliphatic rings. The number of hydrogen-bond acceptors (Lipinski definition) is 4. The third-order valence-electron chi connectivity index (χ3n) is 2.88. The van der Waals surface area contributed by atoms with Crippen molar-refractivity contribution in [3.63, 3.8) is 0 Å². The molecule has 7 heteroatoms. The fourth-order valence-corrected chi connectivity index (χ4v) is 1.87. The highest BCUT2D eigenvalue weighted by Gasteiger charge is 2.53. The maximum Gasteiger partial charge on any atom is 0.237 e. The summed E-state index contributed by atoms with van der Waals surface area (Å²) >= 11 is 0. The summed E-state index contributed by atoms with van der Waals surface area (Å²) in [6.45, 7) is 4.88. The summed E-state index contributed by atoms with van der Waals surface area (Å²) < 4.78 is 1.84. The number of carbonyl (C=O) groups is 1. The van der Waals surface area contributed by atoms with Crippen LogP contribution in [0, 0.1) is 22.0 Å². The lowest BCUT2D eigenvalue weighted by atomic mass is 10.2. The minimum atomic E-state index is -0.724. The van der Waals surface area contributed by atoms with Gasteiger partial charge in [0.2, 0.25) is 17.9 Å². The number of nitrogens with zero attached hydrogens (tertiary/aromatic N) is 3. The zero-order valence-corrected chi connectivity index (χ0v) is 10.4. The van der Waals surface area contributed by atoms with E-state index in [-0.39, 0.29) is 5.91 Å². The van der Waals surface area contributed by atoms with Crippen LogP contribution in [0.25, 0.3) is 0 Å². The average molecular weight is 252 g/mol. The molecule has 18 heavy (non-hydrogen) atoms. The van der Waals surface area contributed by atoms with Crippen molar-refractivity contribution in [3.8, 4) is 0 Å². The molecule has 0 aliphatic heterocycles. The lowest BCUT2D eigenvalue weighted by Crippen LogP contribution is -2.21. The van der Waals surface area contributed by atoms with Crippen LogP contribution in [0.2, 0.25) is 0 Å². The molecule has 0 saturated heterocycles. The molecular weight excluding hydrogens is 236 g/mol. The van der Waals surface area contributed by atoms with Gasteiger partial charge in [-0.15, -0.1) is 0 Å². The van der Waals surface area contributed by atoms with Gasteiger partial charge in [-0.2, -0.15) is 0 Å². The molecule has 98 valence electrons. The highest BCUT2D eigenvalue weighted by atomic mass is 16.6. The number of nitro groups is 1. The maximum atomic E-state index is 11.8. The lowest BCUT2D eigenvalue weighted by Gasteiger charge is -2.10. The van der Waals surface area contributed by atoms with Crippen LogP contribution in [0.15, 0.2) is 12.4 Å². The highest BCUT2D eigenvalue weighted by Crippen LogP contribution is 2.33. The minimum Gasteiger partial charge on any atom is -0.317 e. The summed E-state index contributed by atoms with van der Waals surface area (Å²) in [6.07, 6.45) is 3.72. The Labute approximate surface area is 104 Å². The third kappa shape index (κ3) is 2.66. The number of imidazole rings is 1. The maximum absolute atomic E-state index is 11.8. The predicted molar refractivity (Wildman–Crippen MR) is 64.6 cm³/mol. The summed E-state index contributed by atoms with van der Waals surface area (Å²) in [4.78, 5) is 25.9. The number of rotatable bonds is 5. The second kappa shape index (κ2) is 4.75. The molecule has 1 saturated carbocycles. The van der Waals surface area contributed by atoms with Crippen LogP contribution in [-0.4, -0.2) is 26.4 Å². The molecule has 0 bridgehead atoms. The first-order chi connectivity index (χ1) is 8.49. The fourth-order valence-electron chi connectivity index (χ4n) is 1.87. The van der Waals surface area contributed by atoms with Crippen LogP contribution >= 0.6 is 0 Å². The van der Waals surface area contributed by atoms with Crippen molar-refractivity contribution in [2.24, 2.45) is 11.8 Å². The predicted octanol–water partition coefficient (Wildman–Crippen LogP) is 1.14. The van der Waals surface area contributed by atoms with Crippen molar-refractivity contribution in [2.45, 2.75) is 32.9 Å². The SMILES string of the molecule is CC(C)Cn1ccnc1NC(=O)[C@@H]1C[C@@H]1[N+](=O)[O-]. The van der Waals surface area contributed by atoms with Crippen LogP contribution in [0.5, 0.6) is 0 Å². The molecule has 2 atom stereocenters. The summed E-state index contributed by atoms with van der Waals surface area (Å²) in [5.41, 5.74) is 0. The molecule has 0 spiro atoms. The van der Waals surface area contributed by atoms with Gasteiger partial charge in [-0.3, -0.25) is 20.2 Å². The second-order valence-electron chi connectivity index (χ2n) is 4.98. The molecule has 1 aliphatic carbocycles. The third-order valence-corrected chi connectivity index (χ3v) is 2.88. The van der Waals surface area contributed by atoms with Crippen LogP contribution in [-0.2, 0) is 11.3 Å². The van der Waals surface area contributed by atoms with Crippen molar-refractivity contribution < 1.29 is 9.72 Å². The molecule has 2 rings (SSSR count). The molecule has 0 unspecified atom stereocenters. The first-order valence-corrected chi connectivity index (χ1v) is 5.94. The van der Waals surface area contributed by atoms with Gasteiger partial charge in [0.25, 0.3) is 0 Å². The Morgan fingerprint density at radius 3 is 3.00 bits per heavy atom. The Kier molecular flexibility index (Phi) is 3.31. The van der Waals surface area contributed by atoms with Crippen LogP contribution in [0.1, 0.15) is 20.3 Å². The van der Waals surface area contributed by atoms with Gasteiger partial charge < -0.3 is 4.57 Å². The van der Waals surface area contributed by atoms with Gasteiger partial charge in [-0.05, 0) is 5.92 Å². The van der Waals surface area contributed by atoms with Crippen LogP contribution in [0.4, 0.5) is 5.95 Å². The van der Waals surface area contributed by atoms with Crippen LogP contribution < -0.4 is 5.32 Å². The Morgan fingerprint density at radius 1 is 1.72 bits per heavy atom. The molecule has 1 aromatic heterocycles. The van der Waals surface area contributed by atoms with E-state index in [9.17, 15) is 14.9 Å². The highest BCUT2D eigenvalue weighted by molar-refractivity contribution is 5.93. The van der Waals surface area contributed by atoms with E-state index in [0.717, 1.165) is 6.54 Å². The molecular formula is C11H16N4O3. The Bertz CT molecular complexity index is 469. The number of carbonyl (C=O) groups excluding carboxylic acids is 1. The number of nitrogens with one attached hydrogen (secondary N) is 1. The Hall–Kier alpha value is -1.92. The van der Waals surface area contributed by atoms with E-state index in [0.29, 0.717) is 18.3 Å². The van der Waals surface area contributed by atoms with Gasteiger partial charge in [0.1, 0.15) is 5.92 Å². The smallest absolute Gasteiger partial charge is 0.237 e. The van der Waals surface area contributed by atoms with E-state index in [1.165, 1.54) is 0 Å². The van der Waals surface area contributed by atoms with Gasteiger partial charge in [-0.1, -0.05) is 13.8 Å². The molecule has 0 aromatic carbocycles. The van der Waals surface area contributed by atoms with Crippen molar-refractivity contribution >= 4 is 11.9 Å². The van der Waals surface area contributed by atoms with Crippen molar-refractivity contribution in [1.29, 1.82) is 0 Å². The molecule has 0 radical (unpaired) electrons. The summed E-state index contributed by atoms with van der Waals surface area (Å²) in [5, 5.41) is 13.1. The van der Waals surface area contributed by atoms with E-state index >= 15 is 0 Å². The van der Waals surface area contributed by atoms with E-state index in [4.69, 9.17) is 0 Å². The van der Waals surface area contributed by atoms with Gasteiger partial charge in [0.15, 0.2) is 0 Å². The van der Waals surface area contributed by atoms with E-state index in [1.807, 2.05) is 4.57 Å². The zero-order valence-electron chi connectivity index (χ0n) is 10.4. The molecule has 1 N–H and O–H groups in total. The average Bonchev–Trinajstić information content (AvgIpc) is 2.97. The largest absolute Gasteiger partial charge is 0.317 e. The van der Waals surface area contributed by atoms with Gasteiger partial charge in [0, 0.05) is 30.3 Å². The Morgan fingerprint density at radius 2 is 2.44 bits per heavy atom. The zero-order chi connectivity index (χ0) is 13.3. The number of amides is 1. The van der Waals surface area contributed by atoms with Crippen molar-refractivity contribution in [1.82, 2.24) is 9.55 Å². The number of anilines is 1. The monoisotopic (exact) mass is 252 g/mol. The van der Waals surface area contributed by atoms with Gasteiger partial charge >= 0.3 is 0 Å². The first kappa shape index (κ1) is 12.5. The number of aromatic nitrogens is 2. The standard InChI is InChI=1S/C11H16N4O3/c1-7(2)6-14-4-3-12-11(14)13-10(16)8-5-9(8)15(17)18/h3-4,7-9H,5-6H2,1-2H3,(H,12,13,16)/t8-,9+/m1/s1. The Balaban J connectivity index is 1.96. The second-order valence-corrected chi connectivity index (χ2v) is 4.98. The van der Waals surface area contributed by atoms with E-state index in [1.54, 1.807) is 12.4 Å². The van der Waals surface area contributed by atoms with E-state index < -0.39 is 16.9 Å². The quantitative estimate of drug-likeness (QED) is 0.628. The fraction of sp³-hybridized carbons (Fsp3) is 0.636. The molecule has 1 fully saturated rings. The number of hydrogen-bond donors (Lipinski definition) is 1. The molecule has 1 amide bonds.